The highest BCUT2D eigenvalue weighted by Crippen LogP contribution is 2.37. The molecule has 1 N–H and O–H groups in total. The van der Waals surface area contributed by atoms with Crippen LogP contribution in [0.2, 0.25) is 5.02 Å². The van der Waals surface area contributed by atoms with Crippen LogP contribution in [0.5, 0.6) is 0 Å². The Labute approximate surface area is 224 Å². The maximum Gasteiger partial charge on any atom is 0.417 e. The lowest BCUT2D eigenvalue weighted by Gasteiger charge is -2.34. The van der Waals surface area contributed by atoms with Gasteiger partial charge < -0.3 is 10.2 Å². The second kappa shape index (κ2) is 11.3. The van der Waals surface area contributed by atoms with Gasteiger partial charge in [-0.3, -0.25) is 4.90 Å². The summed E-state index contributed by atoms with van der Waals surface area (Å²) in [6.45, 7) is 9.13. The number of rotatable bonds is 8. The highest BCUT2D eigenvalue weighted by atomic mass is 35.5. The van der Waals surface area contributed by atoms with Crippen molar-refractivity contribution >= 4 is 23.1 Å². The van der Waals surface area contributed by atoms with Crippen molar-refractivity contribution in [2.24, 2.45) is 0 Å². The Morgan fingerprint density at radius 3 is 2.47 bits per heavy atom. The number of hydrogen-bond acceptors (Lipinski definition) is 6. The fourth-order valence-corrected chi connectivity index (χ4v) is 4.96. The lowest BCUT2D eigenvalue weighted by molar-refractivity contribution is -0.137. The van der Waals surface area contributed by atoms with Gasteiger partial charge in [0.25, 0.3) is 0 Å². The van der Waals surface area contributed by atoms with E-state index in [2.05, 4.69) is 32.1 Å². The van der Waals surface area contributed by atoms with Gasteiger partial charge in [-0.2, -0.15) is 18.3 Å². The van der Waals surface area contributed by atoms with Crippen molar-refractivity contribution in [1.29, 1.82) is 0 Å². The number of nitrogens with one attached hydrogen (secondary N) is 1. The third-order valence-electron chi connectivity index (χ3n) is 6.68. The van der Waals surface area contributed by atoms with Crippen molar-refractivity contribution in [2.45, 2.75) is 19.5 Å². The fraction of sp³-hybridized carbons (Fsp3) is 0.370. The zero-order valence-corrected chi connectivity index (χ0v) is 21.8. The first-order valence-electron chi connectivity index (χ1n) is 12.7. The minimum absolute atomic E-state index is 0.454. The van der Waals surface area contributed by atoms with Crippen molar-refractivity contribution in [1.82, 2.24) is 29.4 Å². The van der Waals surface area contributed by atoms with Crippen LogP contribution in [-0.2, 0) is 6.18 Å². The number of alkyl halides is 3. The molecule has 0 bridgehead atoms. The summed E-state index contributed by atoms with van der Waals surface area (Å²) in [6.07, 6.45) is -0.674. The lowest BCUT2D eigenvalue weighted by atomic mass is 10.0. The molecule has 4 aromatic rings. The van der Waals surface area contributed by atoms with Gasteiger partial charge in [-0.1, -0.05) is 30.7 Å². The van der Waals surface area contributed by atoms with Gasteiger partial charge in [0, 0.05) is 62.2 Å². The summed E-state index contributed by atoms with van der Waals surface area (Å²) >= 11 is 6.22. The molecule has 1 aliphatic rings. The molecular weight excluding hydrogens is 515 g/mol. The lowest BCUT2D eigenvalue weighted by Crippen LogP contribution is -2.47. The van der Waals surface area contributed by atoms with Crippen LogP contribution in [-0.4, -0.2) is 75.2 Å². The van der Waals surface area contributed by atoms with Gasteiger partial charge in [-0.25, -0.2) is 14.5 Å². The number of fused-ring (bicyclic) bond motifs is 1. The summed E-state index contributed by atoms with van der Waals surface area (Å²) in [4.78, 5) is 14.0. The van der Waals surface area contributed by atoms with E-state index < -0.39 is 11.7 Å². The maximum absolute atomic E-state index is 13.4. The van der Waals surface area contributed by atoms with E-state index in [1.807, 2.05) is 6.07 Å². The number of piperazine rings is 1. The van der Waals surface area contributed by atoms with E-state index in [-0.39, 0.29) is 0 Å². The maximum atomic E-state index is 13.4. The van der Waals surface area contributed by atoms with E-state index in [4.69, 9.17) is 16.6 Å². The quantitative estimate of drug-likeness (QED) is 0.313. The second-order valence-corrected chi connectivity index (χ2v) is 9.79. The summed E-state index contributed by atoms with van der Waals surface area (Å²) in [7, 11) is 0. The smallest absolute Gasteiger partial charge is 0.353 e. The molecule has 0 saturated carbocycles. The van der Waals surface area contributed by atoms with Crippen LogP contribution in [0.4, 0.5) is 19.1 Å². The van der Waals surface area contributed by atoms with Crippen LogP contribution in [0, 0.1) is 0 Å². The monoisotopic (exact) mass is 543 g/mol. The van der Waals surface area contributed by atoms with Gasteiger partial charge in [-0.15, -0.1) is 0 Å². The molecule has 0 amide bonds. The highest BCUT2D eigenvalue weighted by molar-refractivity contribution is 6.30. The highest BCUT2D eigenvalue weighted by Gasteiger charge is 2.31. The van der Waals surface area contributed by atoms with E-state index in [0.29, 0.717) is 45.5 Å². The molecular formula is C27H29ClF3N7. The third-order valence-corrected chi connectivity index (χ3v) is 6.92. The Hall–Kier alpha value is -3.21. The average Bonchev–Trinajstić information content (AvgIpc) is 3.29. The van der Waals surface area contributed by atoms with E-state index in [0.717, 1.165) is 51.5 Å². The SMILES string of the molecule is CCCN1CCN(CCNc2nccc(-c3c(-c4cccc(Cl)c4)nn4cc(C(F)(F)F)ccc34)n2)CC1. The molecule has 0 atom stereocenters. The van der Waals surface area contributed by atoms with E-state index in [1.165, 1.54) is 17.0 Å². The predicted molar refractivity (Wildman–Crippen MR) is 143 cm³/mol. The first-order chi connectivity index (χ1) is 18.3. The van der Waals surface area contributed by atoms with Gasteiger partial charge in [-0.05, 0) is 43.3 Å². The second-order valence-electron chi connectivity index (χ2n) is 9.35. The predicted octanol–water partition coefficient (Wildman–Crippen LogP) is 5.57. The van der Waals surface area contributed by atoms with Crippen LogP contribution in [0.15, 0.2) is 54.9 Å². The first kappa shape index (κ1) is 26.4. The zero-order valence-electron chi connectivity index (χ0n) is 21.0. The van der Waals surface area contributed by atoms with Gasteiger partial charge in [0.15, 0.2) is 0 Å². The summed E-state index contributed by atoms with van der Waals surface area (Å²) in [5, 5.41) is 8.32. The van der Waals surface area contributed by atoms with Gasteiger partial charge in [0.2, 0.25) is 5.95 Å². The fourth-order valence-electron chi connectivity index (χ4n) is 4.77. The Morgan fingerprint density at radius 1 is 1.00 bits per heavy atom. The van der Waals surface area contributed by atoms with Crippen LogP contribution in [0.1, 0.15) is 18.9 Å². The molecule has 11 heteroatoms. The number of anilines is 1. The molecule has 5 rings (SSSR count). The van der Waals surface area contributed by atoms with Crippen molar-refractivity contribution in [2.75, 3.05) is 51.1 Å². The van der Waals surface area contributed by atoms with Crippen molar-refractivity contribution in [3.05, 3.63) is 65.4 Å². The summed E-state index contributed by atoms with van der Waals surface area (Å²) in [5.41, 5.74) is 2.06. The minimum Gasteiger partial charge on any atom is -0.353 e. The Balaban J connectivity index is 1.41. The molecule has 200 valence electrons. The topological polar surface area (TPSA) is 61.6 Å². The number of benzene rings is 1. The molecule has 1 fully saturated rings. The Kier molecular flexibility index (Phi) is 7.83. The van der Waals surface area contributed by atoms with Crippen LogP contribution >= 0.6 is 11.6 Å². The van der Waals surface area contributed by atoms with Gasteiger partial charge in [0.05, 0.1) is 22.3 Å². The standard InChI is InChI=1S/C27H29ClF3N7/c1-2-11-36-13-15-37(16-14-36)12-10-33-26-32-9-8-22(34-26)24-23-7-6-20(27(29,30)31)18-38(23)35-25(24)19-4-3-5-21(28)17-19/h3-9,17-18H,2,10-16H2,1H3,(H,32,33,34). The van der Waals surface area contributed by atoms with Gasteiger partial charge >= 0.3 is 6.18 Å². The zero-order chi connectivity index (χ0) is 26.7. The molecule has 0 aliphatic carbocycles. The van der Waals surface area contributed by atoms with E-state index in [1.54, 1.807) is 30.5 Å². The molecule has 4 heterocycles. The van der Waals surface area contributed by atoms with E-state index in [9.17, 15) is 13.2 Å². The summed E-state index contributed by atoms with van der Waals surface area (Å²) in [5.74, 6) is 0.454. The normalized spacial score (nSPS) is 15.3. The molecule has 3 aromatic heterocycles. The molecule has 1 aliphatic heterocycles. The minimum atomic E-state index is -4.48. The van der Waals surface area contributed by atoms with Gasteiger partial charge in [0.1, 0.15) is 5.69 Å². The molecule has 0 radical (unpaired) electrons. The first-order valence-corrected chi connectivity index (χ1v) is 13.1. The average molecular weight is 544 g/mol. The van der Waals surface area contributed by atoms with Crippen LogP contribution in [0.3, 0.4) is 0 Å². The number of pyridine rings is 1. The third kappa shape index (κ3) is 5.92. The van der Waals surface area contributed by atoms with Crippen molar-refractivity contribution in [3.8, 4) is 22.5 Å². The van der Waals surface area contributed by atoms with Crippen LogP contribution in [0.25, 0.3) is 28.0 Å². The van der Waals surface area contributed by atoms with Crippen molar-refractivity contribution in [3.63, 3.8) is 0 Å². The number of aromatic nitrogens is 4. The molecule has 7 nitrogen and oxygen atoms in total. The number of nitrogens with zero attached hydrogens (tertiary/aromatic N) is 6. The molecule has 1 aromatic carbocycles. The molecule has 0 spiro atoms. The summed E-state index contributed by atoms with van der Waals surface area (Å²) < 4.78 is 41.4. The number of halogens is 4. The molecule has 0 unspecified atom stereocenters. The summed E-state index contributed by atoms with van der Waals surface area (Å²) in [6, 6.07) is 11.3. The van der Waals surface area contributed by atoms with Crippen LogP contribution < -0.4 is 5.32 Å². The Bertz CT molecular complexity index is 1400. The molecule has 1 saturated heterocycles. The van der Waals surface area contributed by atoms with Crippen molar-refractivity contribution < 1.29 is 13.2 Å². The van der Waals surface area contributed by atoms with E-state index >= 15 is 0 Å². The Morgan fingerprint density at radius 2 is 1.76 bits per heavy atom. The largest absolute Gasteiger partial charge is 0.417 e. The number of hydrogen-bond donors (Lipinski definition) is 1. The molecule has 38 heavy (non-hydrogen) atoms.